The number of nitrogens with one attached hydrogen (secondary N) is 3. The molecule has 0 aliphatic heterocycles. The van der Waals surface area contributed by atoms with Gasteiger partial charge in [-0.1, -0.05) is 0 Å². The van der Waals surface area contributed by atoms with Gasteiger partial charge >= 0.3 is 0 Å². The van der Waals surface area contributed by atoms with Crippen LogP contribution in [-0.4, -0.2) is 27.3 Å². The van der Waals surface area contributed by atoms with Crippen molar-refractivity contribution in [3.05, 3.63) is 28.9 Å². The Hall–Kier alpha value is -2.39. The molecule has 8 nitrogen and oxygen atoms in total. The standard InChI is InChI=1S/C12H12BrN7O/c1-21-9-4-6(2-3-8(9)13)16-10-7-5-15-20-11(7)18-12(17-10)19-14/h2-5H,14H2,1H3,(H3,15,16,17,18,19,20). The second-order valence-corrected chi connectivity index (χ2v) is 5.00. The van der Waals surface area contributed by atoms with E-state index < -0.39 is 0 Å². The molecule has 5 N–H and O–H groups in total. The molecular formula is C12H12BrN7O. The Morgan fingerprint density at radius 1 is 1.33 bits per heavy atom. The van der Waals surface area contributed by atoms with E-state index in [-0.39, 0.29) is 0 Å². The maximum Gasteiger partial charge on any atom is 0.241 e. The SMILES string of the molecule is COc1cc(Nc2nc(NN)nc3[nH]ncc23)ccc1Br. The predicted molar refractivity (Wildman–Crippen MR) is 83.5 cm³/mol. The van der Waals surface area contributed by atoms with E-state index in [1.165, 1.54) is 0 Å². The molecule has 0 saturated carbocycles. The highest BCUT2D eigenvalue weighted by Gasteiger charge is 2.10. The van der Waals surface area contributed by atoms with Crippen molar-refractivity contribution in [1.82, 2.24) is 20.2 Å². The van der Waals surface area contributed by atoms with Crippen LogP contribution in [0.5, 0.6) is 5.75 Å². The number of nitrogen functional groups attached to an aromatic ring is 1. The van der Waals surface area contributed by atoms with Crippen molar-refractivity contribution in [1.29, 1.82) is 0 Å². The highest BCUT2D eigenvalue weighted by Crippen LogP contribution is 2.30. The first kappa shape index (κ1) is 13.6. The van der Waals surface area contributed by atoms with Crippen LogP contribution < -0.4 is 21.3 Å². The Kier molecular flexibility index (Phi) is 3.59. The number of halogens is 1. The lowest BCUT2D eigenvalue weighted by molar-refractivity contribution is 0.412. The second kappa shape index (κ2) is 5.54. The molecule has 0 aliphatic carbocycles. The van der Waals surface area contributed by atoms with Crippen LogP contribution in [0.25, 0.3) is 11.0 Å². The molecule has 0 fully saturated rings. The lowest BCUT2D eigenvalue weighted by Crippen LogP contribution is -2.11. The fraction of sp³-hybridized carbons (Fsp3) is 0.0833. The zero-order chi connectivity index (χ0) is 14.8. The van der Waals surface area contributed by atoms with Crippen LogP contribution in [-0.2, 0) is 0 Å². The molecule has 2 heterocycles. The van der Waals surface area contributed by atoms with Gasteiger partial charge in [-0.25, -0.2) is 5.84 Å². The third-order valence-corrected chi connectivity index (χ3v) is 3.51. The molecule has 2 aromatic heterocycles. The van der Waals surface area contributed by atoms with E-state index in [9.17, 15) is 0 Å². The maximum absolute atomic E-state index is 5.37. The average molecular weight is 350 g/mol. The molecule has 3 rings (SSSR count). The second-order valence-electron chi connectivity index (χ2n) is 4.15. The van der Waals surface area contributed by atoms with E-state index in [0.717, 1.165) is 21.3 Å². The molecule has 0 unspecified atom stereocenters. The van der Waals surface area contributed by atoms with E-state index >= 15 is 0 Å². The first-order valence-electron chi connectivity index (χ1n) is 5.99. The summed E-state index contributed by atoms with van der Waals surface area (Å²) in [6.07, 6.45) is 1.65. The van der Waals surface area contributed by atoms with Gasteiger partial charge in [-0.2, -0.15) is 15.1 Å². The van der Waals surface area contributed by atoms with Crippen molar-refractivity contribution in [3.8, 4) is 5.75 Å². The third kappa shape index (κ3) is 2.60. The fourth-order valence-corrected chi connectivity index (χ4v) is 2.28. The Morgan fingerprint density at radius 2 is 2.19 bits per heavy atom. The van der Waals surface area contributed by atoms with Crippen LogP contribution in [0.2, 0.25) is 0 Å². The predicted octanol–water partition coefficient (Wildman–Crippen LogP) is 2.15. The zero-order valence-corrected chi connectivity index (χ0v) is 12.6. The summed E-state index contributed by atoms with van der Waals surface area (Å²) in [6.45, 7) is 0. The molecule has 0 bridgehead atoms. The van der Waals surface area contributed by atoms with Crippen LogP contribution in [0, 0.1) is 0 Å². The van der Waals surface area contributed by atoms with Crippen molar-refractivity contribution in [2.24, 2.45) is 5.84 Å². The number of anilines is 3. The summed E-state index contributed by atoms with van der Waals surface area (Å²) in [5.41, 5.74) is 3.83. The number of aromatic amines is 1. The van der Waals surface area contributed by atoms with Crippen molar-refractivity contribution >= 4 is 44.4 Å². The molecule has 0 atom stereocenters. The summed E-state index contributed by atoms with van der Waals surface area (Å²) in [7, 11) is 1.61. The molecule has 3 aromatic rings. The molecule has 9 heteroatoms. The summed E-state index contributed by atoms with van der Waals surface area (Å²) in [4.78, 5) is 8.46. The molecule has 0 radical (unpaired) electrons. The van der Waals surface area contributed by atoms with Gasteiger partial charge in [-0.15, -0.1) is 0 Å². The van der Waals surface area contributed by atoms with Crippen LogP contribution in [0.15, 0.2) is 28.9 Å². The first-order valence-corrected chi connectivity index (χ1v) is 6.79. The Morgan fingerprint density at radius 3 is 2.95 bits per heavy atom. The molecule has 0 saturated heterocycles. The highest BCUT2D eigenvalue weighted by atomic mass is 79.9. The van der Waals surface area contributed by atoms with Crippen LogP contribution >= 0.6 is 15.9 Å². The number of aromatic nitrogens is 4. The van der Waals surface area contributed by atoms with Crippen molar-refractivity contribution in [3.63, 3.8) is 0 Å². The van der Waals surface area contributed by atoms with Crippen LogP contribution in [0.3, 0.4) is 0 Å². The lowest BCUT2D eigenvalue weighted by atomic mass is 10.3. The monoisotopic (exact) mass is 349 g/mol. The maximum atomic E-state index is 5.37. The Balaban J connectivity index is 2.03. The van der Waals surface area contributed by atoms with Crippen molar-refractivity contribution < 1.29 is 4.74 Å². The third-order valence-electron chi connectivity index (χ3n) is 2.85. The van der Waals surface area contributed by atoms with Gasteiger partial charge in [0, 0.05) is 11.8 Å². The van der Waals surface area contributed by atoms with E-state index in [4.69, 9.17) is 10.6 Å². The quantitative estimate of drug-likeness (QED) is 0.421. The number of methoxy groups -OCH3 is 1. The summed E-state index contributed by atoms with van der Waals surface area (Å²) in [5, 5.41) is 10.7. The van der Waals surface area contributed by atoms with Crippen LogP contribution in [0.4, 0.5) is 17.5 Å². The molecule has 21 heavy (non-hydrogen) atoms. The zero-order valence-electron chi connectivity index (χ0n) is 11.0. The first-order chi connectivity index (χ1) is 10.2. The minimum atomic E-state index is 0.290. The molecule has 1 aromatic carbocycles. The summed E-state index contributed by atoms with van der Waals surface area (Å²) < 4.78 is 6.14. The number of benzene rings is 1. The molecule has 108 valence electrons. The summed E-state index contributed by atoms with van der Waals surface area (Å²) >= 11 is 3.41. The fourth-order valence-electron chi connectivity index (χ4n) is 1.87. The summed E-state index contributed by atoms with van der Waals surface area (Å²) in [5.74, 6) is 6.97. The number of rotatable bonds is 4. The van der Waals surface area contributed by atoms with Crippen molar-refractivity contribution in [2.45, 2.75) is 0 Å². The lowest BCUT2D eigenvalue weighted by Gasteiger charge is -2.10. The number of ether oxygens (including phenoxy) is 1. The smallest absolute Gasteiger partial charge is 0.241 e. The Bertz CT molecular complexity index is 788. The number of hydrogen-bond donors (Lipinski definition) is 4. The Labute approximate surface area is 128 Å². The van der Waals surface area contributed by atoms with E-state index in [2.05, 4.69) is 46.8 Å². The number of H-pyrrole nitrogens is 1. The van der Waals surface area contributed by atoms with Gasteiger partial charge in [-0.3, -0.25) is 10.5 Å². The van der Waals surface area contributed by atoms with Gasteiger partial charge in [-0.05, 0) is 28.1 Å². The minimum Gasteiger partial charge on any atom is -0.495 e. The van der Waals surface area contributed by atoms with Gasteiger partial charge in [0.2, 0.25) is 5.95 Å². The molecular weight excluding hydrogens is 338 g/mol. The van der Waals surface area contributed by atoms with Crippen molar-refractivity contribution in [2.75, 3.05) is 17.9 Å². The molecule has 0 spiro atoms. The number of nitrogens with zero attached hydrogens (tertiary/aromatic N) is 3. The van der Waals surface area contributed by atoms with Gasteiger partial charge in [0.25, 0.3) is 0 Å². The highest BCUT2D eigenvalue weighted by molar-refractivity contribution is 9.10. The normalized spacial score (nSPS) is 10.6. The number of hydrogen-bond acceptors (Lipinski definition) is 7. The largest absolute Gasteiger partial charge is 0.495 e. The topological polar surface area (TPSA) is 114 Å². The van der Waals surface area contributed by atoms with E-state index in [1.54, 1.807) is 13.3 Å². The summed E-state index contributed by atoms with van der Waals surface area (Å²) in [6, 6.07) is 5.64. The molecule has 0 amide bonds. The van der Waals surface area contributed by atoms with Gasteiger partial charge in [0.05, 0.1) is 23.2 Å². The average Bonchev–Trinajstić information content (AvgIpc) is 2.97. The van der Waals surface area contributed by atoms with Crippen LogP contribution in [0.1, 0.15) is 0 Å². The minimum absolute atomic E-state index is 0.290. The molecule has 0 aliphatic rings. The van der Waals surface area contributed by atoms with Gasteiger partial charge in [0.1, 0.15) is 11.6 Å². The van der Waals surface area contributed by atoms with Gasteiger partial charge < -0.3 is 10.1 Å². The van der Waals surface area contributed by atoms with E-state index in [1.807, 2.05) is 18.2 Å². The number of nitrogens with two attached hydrogens (primary N) is 1. The van der Waals surface area contributed by atoms with Gasteiger partial charge in [0.15, 0.2) is 5.65 Å². The van der Waals surface area contributed by atoms with E-state index in [0.29, 0.717) is 17.4 Å². The number of fused-ring (bicyclic) bond motifs is 1. The number of hydrazine groups is 1.